The van der Waals surface area contributed by atoms with Gasteiger partial charge in [0.1, 0.15) is 5.75 Å². The SMILES string of the molecule is O=C(O)C(c1ccccc1O)C1CCNCC1. The molecular formula is C13H17NO3. The minimum atomic E-state index is -0.849. The predicted octanol–water partition coefficient (Wildman–Crippen LogP) is 1.56. The number of piperidine rings is 1. The Bertz CT molecular complexity index is 399. The Labute approximate surface area is 100 Å². The van der Waals surface area contributed by atoms with Gasteiger partial charge in [0.2, 0.25) is 0 Å². The van der Waals surface area contributed by atoms with Gasteiger partial charge in [0.15, 0.2) is 0 Å². The van der Waals surface area contributed by atoms with Crippen LogP contribution in [0.2, 0.25) is 0 Å². The van der Waals surface area contributed by atoms with Gasteiger partial charge in [-0.2, -0.15) is 0 Å². The lowest BCUT2D eigenvalue weighted by molar-refractivity contribution is -0.140. The van der Waals surface area contributed by atoms with Gasteiger partial charge in [-0.05, 0) is 37.9 Å². The third kappa shape index (κ3) is 2.58. The number of hydrogen-bond donors (Lipinski definition) is 3. The van der Waals surface area contributed by atoms with Crippen molar-refractivity contribution >= 4 is 5.97 Å². The molecule has 1 saturated heterocycles. The van der Waals surface area contributed by atoms with Gasteiger partial charge in [0.25, 0.3) is 0 Å². The molecule has 92 valence electrons. The minimum absolute atomic E-state index is 0.0819. The number of para-hydroxylation sites is 1. The van der Waals surface area contributed by atoms with E-state index in [1.54, 1.807) is 24.3 Å². The molecule has 0 bridgehead atoms. The molecule has 0 aromatic heterocycles. The quantitative estimate of drug-likeness (QED) is 0.743. The van der Waals surface area contributed by atoms with Crippen LogP contribution in [-0.4, -0.2) is 29.3 Å². The molecule has 3 N–H and O–H groups in total. The van der Waals surface area contributed by atoms with Crippen molar-refractivity contribution in [1.82, 2.24) is 5.32 Å². The summed E-state index contributed by atoms with van der Waals surface area (Å²) in [5.41, 5.74) is 0.534. The highest BCUT2D eigenvalue weighted by atomic mass is 16.4. The first-order valence-electron chi connectivity index (χ1n) is 5.91. The highest BCUT2D eigenvalue weighted by Crippen LogP contribution is 2.35. The average Bonchev–Trinajstić information content (AvgIpc) is 2.33. The van der Waals surface area contributed by atoms with Crippen molar-refractivity contribution in [2.45, 2.75) is 18.8 Å². The molecule has 1 atom stereocenters. The van der Waals surface area contributed by atoms with Crippen LogP contribution in [0.5, 0.6) is 5.75 Å². The standard InChI is InChI=1S/C13H17NO3/c15-11-4-2-1-3-10(11)12(13(16)17)9-5-7-14-8-6-9/h1-4,9,12,14-15H,5-8H2,(H,16,17). The van der Waals surface area contributed by atoms with Crippen molar-refractivity contribution < 1.29 is 15.0 Å². The maximum atomic E-state index is 11.4. The van der Waals surface area contributed by atoms with Gasteiger partial charge in [0, 0.05) is 5.56 Å². The fourth-order valence-corrected chi connectivity index (χ4v) is 2.52. The number of rotatable bonds is 3. The summed E-state index contributed by atoms with van der Waals surface area (Å²) in [6.07, 6.45) is 1.68. The largest absolute Gasteiger partial charge is 0.508 e. The van der Waals surface area contributed by atoms with Crippen LogP contribution >= 0.6 is 0 Å². The summed E-state index contributed by atoms with van der Waals surface area (Å²) in [4.78, 5) is 11.4. The first kappa shape index (κ1) is 11.9. The van der Waals surface area contributed by atoms with Crippen molar-refractivity contribution in [3.63, 3.8) is 0 Å². The second-order valence-electron chi connectivity index (χ2n) is 4.46. The molecule has 1 aliphatic heterocycles. The number of phenols is 1. The summed E-state index contributed by atoms with van der Waals surface area (Å²) < 4.78 is 0. The molecule has 0 amide bonds. The summed E-state index contributed by atoms with van der Waals surface area (Å²) in [7, 11) is 0. The lowest BCUT2D eigenvalue weighted by Gasteiger charge is -2.28. The number of aromatic hydroxyl groups is 1. The van der Waals surface area contributed by atoms with E-state index in [9.17, 15) is 15.0 Å². The molecule has 17 heavy (non-hydrogen) atoms. The maximum absolute atomic E-state index is 11.4. The number of carboxylic acid groups (broad SMARTS) is 1. The number of aliphatic carboxylic acids is 1. The fourth-order valence-electron chi connectivity index (χ4n) is 2.52. The Hall–Kier alpha value is -1.55. The van der Waals surface area contributed by atoms with Crippen molar-refractivity contribution in [1.29, 1.82) is 0 Å². The van der Waals surface area contributed by atoms with Crippen LogP contribution < -0.4 is 5.32 Å². The molecular weight excluding hydrogens is 218 g/mol. The van der Waals surface area contributed by atoms with E-state index in [0.717, 1.165) is 25.9 Å². The Balaban J connectivity index is 2.28. The third-order valence-electron chi connectivity index (χ3n) is 3.39. The second-order valence-corrected chi connectivity index (χ2v) is 4.46. The number of benzene rings is 1. The molecule has 1 heterocycles. The van der Waals surface area contributed by atoms with Gasteiger partial charge < -0.3 is 15.5 Å². The van der Waals surface area contributed by atoms with Crippen LogP contribution in [0.3, 0.4) is 0 Å². The van der Waals surface area contributed by atoms with Gasteiger partial charge in [-0.25, -0.2) is 0 Å². The Morgan fingerprint density at radius 2 is 1.94 bits per heavy atom. The number of carbonyl (C=O) groups is 1. The molecule has 2 rings (SSSR count). The van der Waals surface area contributed by atoms with Crippen LogP contribution in [0.4, 0.5) is 0 Å². The van der Waals surface area contributed by atoms with Crippen LogP contribution in [0.15, 0.2) is 24.3 Å². The molecule has 1 fully saturated rings. The topological polar surface area (TPSA) is 69.6 Å². The van der Waals surface area contributed by atoms with Crippen molar-refractivity contribution in [3.05, 3.63) is 29.8 Å². The highest BCUT2D eigenvalue weighted by Gasteiger charge is 2.32. The van der Waals surface area contributed by atoms with Gasteiger partial charge in [-0.1, -0.05) is 18.2 Å². The Morgan fingerprint density at radius 1 is 1.29 bits per heavy atom. The zero-order valence-electron chi connectivity index (χ0n) is 9.60. The molecule has 0 saturated carbocycles. The Morgan fingerprint density at radius 3 is 2.53 bits per heavy atom. The lowest BCUT2D eigenvalue weighted by atomic mass is 9.80. The van der Waals surface area contributed by atoms with Gasteiger partial charge in [0.05, 0.1) is 5.92 Å². The molecule has 1 unspecified atom stereocenters. The number of nitrogens with one attached hydrogen (secondary N) is 1. The average molecular weight is 235 g/mol. The van der Waals surface area contributed by atoms with E-state index in [0.29, 0.717) is 5.56 Å². The highest BCUT2D eigenvalue weighted by molar-refractivity contribution is 5.77. The number of carboxylic acids is 1. The van der Waals surface area contributed by atoms with Crippen LogP contribution in [0.25, 0.3) is 0 Å². The van der Waals surface area contributed by atoms with Gasteiger partial charge in [-0.3, -0.25) is 4.79 Å². The van der Waals surface area contributed by atoms with E-state index in [1.807, 2.05) is 0 Å². The maximum Gasteiger partial charge on any atom is 0.311 e. The fraction of sp³-hybridized carbons (Fsp3) is 0.462. The van der Waals surface area contributed by atoms with Crippen LogP contribution in [0, 0.1) is 5.92 Å². The zero-order valence-corrected chi connectivity index (χ0v) is 9.60. The molecule has 1 aromatic rings. The first-order chi connectivity index (χ1) is 8.20. The second kappa shape index (κ2) is 5.19. The first-order valence-corrected chi connectivity index (χ1v) is 5.91. The minimum Gasteiger partial charge on any atom is -0.508 e. The number of phenolic OH excluding ortho intramolecular Hbond substituents is 1. The summed E-state index contributed by atoms with van der Waals surface area (Å²) in [5, 5.41) is 22.4. The van der Waals surface area contributed by atoms with E-state index < -0.39 is 11.9 Å². The summed E-state index contributed by atoms with van der Waals surface area (Å²) in [6.45, 7) is 1.70. The molecule has 4 nitrogen and oxygen atoms in total. The van der Waals surface area contributed by atoms with Crippen LogP contribution in [0.1, 0.15) is 24.3 Å². The van der Waals surface area contributed by atoms with Gasteiger partial charge in [-0.15, -0.1) is 0 Å². The third-order valence-corrected chi connectivity index (χ3v) is 3.39. The molecule has 0 radical (unpaired) electrons. The monoisotopic (exact) mass is 235 g/mol. The predicted molar refractivity (Wildman–Crippen MR) is 64.1 cm³/mol. The normalized spacial score (nSPS) is 18.8. The van der Waals surface area contributed by atoms with E-state index in [-0.39, 0.29) is 11.7 Å². The van der Waals surface area contributed by atoms with Crippen LogP contribution in [-0.2, 0) is 4.79 Å². The van der Waals surface area contributed by atoms with E-state index in [2.05, 4.69) is 5.32 Å². The zero-order chi connectivity index (χ0) is 12.3. The molecule has 0 spiro atoms. The van der Waals surface area contributed by atoms with Crippen molar-refractivity contribution in [2.75, 3.05) is 13.1 Å². The summed E-state index contributed by atoms with van der Waals surface area (Å²) in [5.74, 6) is -1.27. The van der Waals surface area contributed by atoms with E-state index in [4.69, 9.17) is 0 Å². The van der Waals surface area contributed by atoms with Crippen molar-refractivity contribution in [3.8, 4) is 5.75 Å². The van der Waals surface area contributed by atoms with E-state index in [1.165, 1.54) is 0 Å². The molecule has 0 aliphatic carbocycles. The molecule has 4 heteroatoms. The van der Waals surface area contributed by atoms with Crippen molar-refractivity contribution in [2.24, 2.45) is 5.92 Å². The number of hydrogen-bond acceptors (Lipinski definition) is 3. The summed E-state index contributed by atoms with van der Waals surface area (Å²) >= 11 is 0. The summed E-state index contributed by atoms with van der Waals surface area (Å²) in [6, 6.07) is 6.73. The lowest BCUT2D eigenvalue weighted by Crippen LogP contribution is -2.33. The smallest absolute Gasteiger partial charge is 0.311 e. The van der Waals surface area contributed by atoms with Gasteiger partial charge >= 0.3 is 5.97 Å². The van der Waals surface area contributed by atoms with E-state index >= 15 is 0 Å². The molecule has 1 aliphatic rings. The molecule has 1 aromatic carbocycles. The Kier molecular flexibility index (Phi) is 3.64.